The highest BCUT2D eigenvalue weighted by molar-refractivity contribution is 9.10. The van der Waals surface area contributed by atoms with E-state index in [2.05, 4.69) is 15.9 Å². The number of halogens is 1. The summed E-state index contributed by atoms with van der Waals surface area (Å²) >= 11 is 3.25. The molecule has 1 unspecified atom stereocenters. The number of aliphatic hydroxyl groups is 1. The smallest absolute Gasteiger partial charge is 0.169 e. The number of hydrogen-bond acceptors (Lipinski definition) is 3. The molecular formula is C14H15BrO3. The van der Waals surface area contributed by atoms with Crippen LogP contribution in [-0.2, 0) is 0 Å². The van der Waals surface area contributed by atoms with Crippen LogP contribution in [0.1, 0.15) is 17.2 Å². The van der Waals surface area contributed by atoms with E-state index in [1.54, 1.807) is 0 Å². The summed E-state index contributed by atoms with van der Waals surface area (Å²) in [6, 6.07) is 11.5. The fourth-order valence-electron chi connectivity index (χ4n) is 1.68. The maximum absolute atomic E-state index is 9.38. The molecule has 1 aromatic carbocycles. The fraction of sp³-hybridized carbons (Fsp3) is 0.286. The monoisotopic (exact) mass is 310 g/mol. The molecule has 0 aliphatic rings. The minimum atomic E-state index is -0.157. The van der Waals surface area contributed by atoms with Gasteiger partial charge in [-0.15, -0.1) is 0 Å². The van der Waals surface area contributed by atoms with Gasteiger partial charge in [-0.3, -0.25) is 0 Å². The predicted molar refractivity (Wildman–Crippen MR) is 72.9 cm³/mol. The first kappa shape index (κ1) is 13.2. The molecule has 0 saturated heterocycles. The summed E-state index contributed by atoms with van der Waals surface area (Å²) in [5.74, 6) is 1.40. The number of furan rings is 1. The van der Waals surface area contributed by atoms with Crippen LogP contribution in [0.3, 0.4) is 0 Å². The molecule has 0 fully saturated rings. The van der Waals surface area contributed by atoms with Gasteiger partial charge in [0.1, 0.15) is 18.1 Å². The van der Waals surface area contributed by atoms with E-state index in [4.69, 9.17) is 9.15 Å². The first-order valence-corrected chi connectivity index (χ1v) is 6.54. The largest absolute Gasteiger partial charge is 0.492 e. The summed E-state index contributed by atoms with van der Waals surface area (Å²) in [6.45, 7) is 2.37. The summed E-state index contributed by atoms with van der Waals surface area (Å²) in [5, 5.41) is 9.38. The van der Waals surface area contributed by atoms with Gasteiger partial charge in [0, 0.05) is 0 Å². The van der Waals surface area contributed by atoms with Gasteiger partial charge in [0.05, 0.1) is 12.5 Å². The predicted octanol–water partition coefficient (Wildman–Crippen LogP) is 3.51. The normalized spacial score (nSPS) is 12.4. The minimum absolute atomic E-state index is 0.00810. The lowest BCUT2D eigenvalue weighted by molar-refractivity contribution is 0.188. The van der Waals surface area contributed by atoms with E-state index in [0.717, 1.165) is 17.1 Å². The van der Waals surface area contributed by atoms with Crippen LogP contribution in [-0.4, -0.2) is 18.3 Å². The van der Waals surface area contributed by atoms with Crippen molar-refractivity contribution in [2.45, 2.75) is 12.8 Å². The van der Waals surface area contributed by atoms with Gasteiger partial charge in [-0.25, -0.2) is 0 Å². The van der Waals surface area contributed by atoms with Crippen LogP contribution in [0.25, 0.3) is 0 Å². The number of hydrogen-bond donors (Lipinski definition) is 1. The molecule has 0 spiro atoms. The number of para-hydroxylation sites is 1. The molecule has 1 N–H and O–H groups in total. The Bertz CT molecular complexity index is 507. The number of benzene rings is 1. The lowest BCUT2D eigenvalue weighted by atomic mass is 10.1. The van der Waals surface area contributed by atoms with Crippen molar-refractivity contribution < 1.29 is 14.3 Å². The molecule has 1 heterocycles. The molecule has 0 saturated carbocycles. The van der Waals surface area contributed by atoms with E-state index >= 15 is 0 Å². The van der Waals surface area contributed by atoms with Crippen LogP contribution in [0.2, 0.25) is 0 Å². The molecule has 4 heteroatoms. The number of aliphatic hydroxyl groups excluding tert-OH is 1. The Morgan fingerprint density at radius 2 is 2.06 bits per heavy atom. The molecule has 3 nitrogen and oxygen atoms in total. The Morgan fingerprint density at radius 1 is 1.28 bits per heavy atom. The van der Waals surface area contributed by atoms with Crippen molar-refractivity contribution in [1.29, 1.82) is 0 Å². The topological polar surface area (TPSA) is 42.6 Å². The number of ether oxygens (including phenoxy) is 1. The maximum Gasteiger partial charge on any atom is 0.169 e. The molecule has 0 aliphatic carbocycles. The first-order chi connectivity index (χ1) is 8.70. The van der Waals surface area contributed by atoms with E-state index in [1.165, 1.54) is 0 Å². The van der Waals surface area contributed by atoms with Gasteiger partial charge in [0.15, 0.2) is 4.67 Å². The van der Waals surface area contributed by atoms with Crippen molar-refractivity contribution in [3.63, 3.8) is 0 Å². The third kappa shape index (κ3) is 3.15. The molecule has 0 amide bonds. The highest BCUT2D eigenvalue weighted by atomic mass is 79.9. The van der Waals surface area contributed by atoms with Crippen LogP contribution in [0.5, 0.6) is 5.75 Å². The zero-order chi connectivity index (χ0) is 13.0. The second-order valence-electron chi connectivity index (χ2n) is 4.10. The van der Waals surface area contributed by atoms with Crippen LogP contribution in [0.4, 0.5) is 0 Å². The summed E-state index contributed by atoms with van der Waals surface area (Å²) in [7, 11) is 0. The second kappa shape index (κ2) is 6.07. The van der Waals surface area contributed by atoms with Crippen molar-refractivity contribution in [1.82, 2.24) is 0 Å². The Kier molecular flexibility index (Phi) is 4.44. The Balaban J connectivity index is 2.02. The van der Waals surface area contributed by atoms with Gasteiger partial charge in [-0.2, -0.15) is 0 Å². The van der Waals surface area contributed by atoms with Crippen molar-refractivity contribution in [3.8, 4) is 5.75 Å². The van der Waals surface area contributed by atoms with Crippen LogP contribution < -0.4 is 4.74 Å². The van der Waals surface area contributed by atoms with E-state index in [-0.39, 0.29) is 12.5 Å². The minimum Gasteiger partial charge on any atom is -0.492 e. The first-order valence-electron chi connectivity index (χ1n) is 5.75. The second-order valence-corrected chi connectivity index (χ2v) is 4.88. The SMILES string of the molecule is Cc1ccccc1OCC(CO)c1ccc(Br)o1. The van der Waals surface area contributed by atoms with Crippen molar-refractivity contribution in [3.05, 3.63) is 52.4 Å². The third-order valence-corrected chi connectivity index (χ3v) is 3.18. The number of rotatable bonds is 5. The summed E-state index contributed by atoms with van der Waals surface area (Å²) in [5.41, 5.74) is 1.08. The summed E-state index contributed by atoms with van der Waals surface area (Å²) < 4.78 is 11.8. The van der Waals surface area contributed by atoms with Crippen LogP contribution >= 0.6 is 15.9 Å². The van der Waals surface area contributed by atoms with Crippen molar-refractivity contribution in [2.24, 2.45) is 0 Å². The molecule has 2 rings (SSSR count). The highest BCUT2D eigenvalue weighted by Gasteiger charge is 2.15. The molecule has 0 bridgehead atoms. The van der Waals surface area contributed by atoms with E-state index in [1.807, 2.05) is 43.3 Å². The van der Waals surface area contributed by atoms with E-state index in [0.29, 0.717) is 11.3 Å². The Hall–Kier alpha value is -1.26. The molecule has 0 radical (unpaired) electrons. The van der Waals surface area contributed by atoms with Crippen molar-refractivity contribution >= 4 is 15.9 Å². The summed E-state index contributed by atoms with van der Waals surface area (Å²) in [4.78, 5) is 0. The molecule has 0 aliphatic heterocycles. The quantitative estimate of drug-likeness (QED) is 0.919. The standard InChI is InChI=1S/C14H15BrO3/c1-10-4-2-3-5-12(10)17-9-11(8-16)13-6-7-14(15)18-13/h2-7,11,16H,8-9H2,1H3. The highest BCUT2D eigenvalue weighted by Crippen LogP contribution is 2.24. The number of aryl methyl sites for hydroxylation is 1. The third-order valence-electron chi connectivity index (χ3n) is 2.75. The fourth-order valence-corrected chi connectivity index (χ4v) is 2.00. The lowest BCUT2D eigenvalue weighted by Gasteiger charge is -2.14. The molecule has 2 aromatic rings. The van der Waals surface area contributed by atoms with Gasteiger partial charge in [0.25, 0.3) is 0 Å². The molecule has 1 aromatic heterocycles. The average molecular weight is 311 g/mol. The van der Waals surface area contributed by atoms with E-state index < -0.39 is 0 Å². The molecular weight excluding hydrogens is 296 g/mol. The lowest BCUT2D eigenvalue weighted by Crippen LogP contribution is -2.13. The van der Waals surface area contributed by atoms with Gasteiger partial charge in [-0.1, -0.05) is 18.2 Å². The van der Waals surface area contributed by atoms with Gasteiger partial charge >= 0.3 is 0 Å². The zero-order valence-corrected chi connectivity index (χ0v) is 11.7. The van der Waals surface area contributed by atoms with Crippen LogP contribution in [0, 0.1) is 6.92 Å². The van der Waals surface area contributed by atoms with E-state index in [9.17, 15) is 5.11 Å². The van der Waals surface area contributed by atoms with Gasteiger partial charge in [-0.05, 0) is 46.6 Å². The van der Waals surface area contributed by atoms with Gasteiger partial charge in [0.2, 0.25) is 0 Å². The Labute approximate surface area is 115 Å². The van der Waals surface area contributed by atoms with Gasteiger partial charge < -0.3 is 14.3 Å². The zero-order valence-electron chi connectivity index (χ0n) is 10.1. The van der Waals surface area contributed by atoms with Crippen LogP contribution in [0.15, 0.2) is 45.5 Å². The molecule has 1 atom stereocenters. The maximum atomic E-state index is 9.38. The summed E-state index contributed by atoms with van der Waals surface area (Å²) in [6.07, 6.45) is 0. The van der Waals surface area contributed by atoms with Crippen molar-refractivity contribution in [2.75, 3.05) is 13.2 Å². The average Bonchev–Trinajstić information content (AvgIpc) is 2.79. The molecule has 18 heavy (non-hydrogen) atoms. The molecule has 96 valence electrons. The Morgan fingerprint density at radius 3 is 2.67 bits per heavy atom.